The summed E-state index contributed by atoms with van der Waals surface area (Å²) in [6.07, 6.45) is 0.108. The molecular weight excluding hydrogens is 231 g/mol. The fourth-order valence-electron chi connectivity index (χ4n) is 1.45. The Bertz CT molecular complexity index is 128. The van der Waals surface area contributed by atoms with Crippen molar-refractivity contribution < 1.29 is 9.47 Å². The van der Waals surface area contributed by atoms with Crippen molar-refractivity contribution in [1.82, 2.24) is 0 Å². The second kappa shape index (κ2) is 2.07. The topological polar surface area (TPSA) is 18.5 Å². The minimum atomic E-state index is 0.108. The van der Waals surface area contributed by atoms with Gasteiger partial charge in [0.05, 0.1) is 6.61 Å². The predicted molar refractivity (Wildman–Crippen MR) is 41.5 cm³/mol. The van der Waals surface area contributed by atoms with E-state index in [1.807, 2.05) is 0 Å². The number of halogens is 1. The van der Waals surface area contributed by atoms with Crippen molar-refractivity contribution in [2.45, 2.75) is 10.2 Å². The number of fused-ring (bicyclic) bond motifs is 1. The van der Waals surface area contributed by atoms with Gasteiger partial charge in [0.1, 0.15) is 0 Å². The molecule has 2 nitrogen and oxygen atoms in total. The lowest BCUT2D eigenvalue weighted by atomic mass is 10.4. The Kier molecular flexibility index (Phi) is 1.46. The van der Waals surface area contributed by atoms with E-state index in [1.165, 1.54) is 0 Å². The van der Waals surface area contributed by atoms with Crippen molar-refractivity contribution in [3.8, 4) is 0 Å². The molecule has 52 valence electrons. The molecule has 0 N–H and O–H groups in total. The molecule has 0 aromatic heterocycles. The van der Waals surface area contributed by atoms with E-state index in [9.17, 15) is 0 Å². The van der Waals surface area contributed by atoms with Crippen molar-refractivity contribution >= 4 is 22.6 Å². The average Bonchev–Trinajstić information content (AvgIpc) is 2.41. The second-order valence-corrected chi connectivity index (χ2v) is 4.06. The van der Waals surface area contributed by atoms with Gasteiger partial charge in [-0.3, -0.25) is 0 Å². The molecule has 4 unspecified atom stereocenters. The van der Waals surface area contributed by atoms with E-state index in [0.29, 0.717) is 5.92 Å². The Morgan fingerprint density at radius 1 is 1.67 bits per heavy atom. The van der Waals surface area contributed by atoms with Crippen LogP contribution < -0.4 is 0 Å². The van der Waals surface area contributed by atoms with Crippen molar-refractivity contribution in [2.75, 3.05) is 13.7 Å². The van der Waals surface area contributed by atoms with Gasteiger partial charge in [-0.2, -0.15) is 0 Å². The summed E-state index contributed by atoms with van der Waals surface area (Å²) in [5.41, 5.74) is 0. The number of methoxy groups -OCH3 is 1. The first-order chi connectivity index (χ1) is 4.34. The summed E-state index contributed by atoms with van der Waals surface area (Å²) < 4.78 is 11.2. The molecule has 1 aliphatic carbocycles. The number of hydrogen-bond donors (Lipinski definition) is 0. The summed E-state index contributed by atoms with van der Waals surface area (Å²) in [4.78, 5) is 0. The van der Waals surface area contributed by atoms with Crippen LogP contribution in [0.1, 0.15) is 0 Å². The van der Waals surface area contributed by atoms with Crippen LogP contribution in [-0.2, 0) is 9.47 Å². The van der Waals surface area contributed by atoms with Gasteiger partial charge in [-0.25, -0.2) is 0 Å². The van der Waals surface area contributed by atoms with E-state index >= 15 is 0 Å². The van der Waals surface area contributed by atoms with E-state index in [4.69, 9.17) is 9.47 Å². The normalized spacial score (nSPS) is 55.3. The quantitative estimate of drug-likeness (QED) is 0.503. The van der Waals surface area contributed by atoms with Gasteiger partial charge >= 0.3 is 0 Å². The minimum Gasteiger partial charge on any atom is -0.356 e. The summed E-state index contributed by atoms with van der Waals surface area (Å²) in [5, 5.41) is 0. The molecule has 0 amide bonds. The predicted octanol–water partition coefficient (Wildman–Crippen LogP) is 1.04. The molecule has 0 aromatic rings. The van der Waals surface area contributed by atoms with Crippen LogP contribution in [0.3, 0.4) is 0 Å². The molecule has 3 heteroatoms. The average molecular weight is 240 g/mol. The SMILES string of the molecule is COC1OCC2C(I)C12. The first kappa shape index (κ1) is 6.37. The Balaban J connectivity index is 1.99. The Labute approximate surface area is 68.0 Å². The standard InChI is InChI=1S/C6H9IO2/c1-8-6-4-3(2-9-6)5(4)7/h3-6H,2H2,1H3. The third kappa shape index (κ3) is 0.816. The zero-order chi connectivity index (χ0) is 6.43. The van der Waals surface area contributed by atoms with Crippen molar-refractivity contribution in [3.63, 3.8) is 0 Å². The van der Waals surface area contributed by atoms with Gasteiger partial charge in [-0.1, -0.05) is 22.6 Å². The van der Waals surface area contributed by atoms with E-state index in [1.54, 1.807) is 7.11 Å². The summed E-state index contributed by atoms with van der Waals surface area (Å²) >= 11 is 2.47. The van der Waals surface area contributed by atoms with Gasteiger partial charge in [0.15, 0.2) is 6.29 Å². The third-order valence-corrected chi connectivity index (χ3v) is 3.88. The van der Waals surface area contributed by atoms with Crippen molar-refractivity contribution in [2.24, 2.45) is 11.8 Å². The van der Waals surface area contributed by atoms with E-state index in [0.717, 1.165) is 16.4 Å². The molecule has 1 aliphatic heterocycles. The lowest BCUT2D eigenvalue weighted by molar-refractivity contribution is -0.107. The number of ether oxygens (including phenoxy) is 2. The summed E-state index contributed by atoms with van der Waals surface area (Å²) in [5.74, 6) is 1.51. The summed E-state index contributed by atoms with van der Waals surface area (Å²) in [6.45, 7) is 0.913. The van der Waals surface area contributed by atoms with Gasteiger partial charge in [0.25, 0.3) is 0 Å². The van der Waals surface area contributed by atoms with E-state index in [-0.39, 0.29) is 6.29 Å². The smallest absolute Gasteiger partial charge is 0.161 e. The highest BCUT2D eigenvalue weighted by molar-refractivity contribution is 14.1. The van der Waals surface area contributed by atoms with E-state index < -0.39 is 0 Å². The highest BCUT2D eigenvalue weighted by Gasteiger charge is 2.58. The molecule has 4 atom stereocenters. The Hall–Kier alpha value is 0.650. The first-order valence-corrected chi connectivity index (χ1v) is 4.37. The van der Waals surface area contributed by atoms with Gasteiger partial charge in [0, 0.05) is 22.9 Å². The Morgan fingerprint density at radius 3 is 2.78 bits per heavy atom. The fraction of sp³-hybridized carbons (Fsp3) is 1.00. The molecule has 2 aliphatic rings. The van der Waals surface area contributed by atoms with Crippen LogP contribution in [0.2, 0.25) is 0 Å². The first-order valence-electron chi connectivity index (χ1n) is 3.13. The molecule has 0 radical (unpaired) electrons. The molecule has 1 heterocycles. The third-order valence-electron chi connectivity index (χ3n) is 2.13. The molecular formula is C6H9IO2. The van der Waals surface area contributed by atoms with Crippen LogP contribution in [-0.4, -0.2) is 23.9 Å². The van der Waals surface area contributed by atoms with E-state index in [2.05, 4.69) is 22.6 Å². The number of hydrogen-bond acceptors (Lipinski definition) is 2. The number of alkyl halides is 1. The highest BCUT2D eigenvalue weighted by atomic mass is 127. The monoisotopic (exact) mass is 240 g/mol. The molecule has 1 saturated carbocycles. The lowest BCUT2D eigenvalue weighted by Crippen LogP contribution is -2.15. The van der Waals surface area contributed by atoms with Gasteiger partial charge < -0.3 is 9.47 Å². The largest absolute Gasteiger partial charge is 0.356 e. The zero-order valence-corrected chi connectivity index (χ0v) is 7.37. The molecule has 0 spiro atoms. The van der Waals surface area contributed by atoms with Crippen LogP contribution in [0.25, 0.3) is 0 Å². The van der Waals surface area contributed by atoms with Crippen LogP contribution in [0.15, 0.2) is 0 Å². The zero-order valence-electron chi connectivity index (χ0n) is 5.21. The maximum atomic E-state index is 5.31. The molecule has 0 aromatic carbocycles. The van der Waals surface area contributed by atoms with Gasteiger partial charge in [0.2, 0.25) is 0 Å². The minimum absolute atomic E-state index is 0.108. The van der Waals surface area contributed by atoms with Gasteiger partial charge in [-0.05, 0) is 0 Å². The van der Waals surface area contributed by atoms with Crippen LogP contribution in [0.4, 0.5) is 0 Å². The summed E-state index contributed by atoms with van der Waals surface area (Å²) in [6, 6.07) is 0. The molecule has 9 heavy (non-hydrogen) atoms. The van der Waals surface area contributed by atoms with Crippen molar-refractivity contribution in [1.29, 1.82) is 0 Å². The fourth-order valence-corrected chi connectivity index (χ4v) is 2.77. The van der Waals surface area contributed by atoms with Crippen molar-refractivity contribution in [3.05, 3.63) is 0 Å². The lowest BCUT2D eigenvalue weighted by Gasteiger charge is -2.09. The van der Waals surface area contributed by atoms with Crippen LogP contribution >= 0.6 is 22.6 Å². The number of rotatable bonds is 1. The molecule has 2 fully saturated rings. The molecule has 1 saturated heterocycles. The van der Waals surface area contributed by atoms with Crippen LogP contribution in [0, 0.1) is 11.8 Å². The summed E-state index contributed by atoms with van der Waals surface area (Å²) in [7, 11) is 1.72. The van der Waals surface area contributed by atoms with Crippen LogP contribution in [0.5, 0.6) is 0 Å². The molecule has 0 bridgehead atoms. The second-order valence-electron chi connectivity index (χ2n) is 2.62. The molecule has 2 rings (SSSR count). The van der Waals surface area contributed by atoms with Gasteiger partial charge in [-0.15, -0.1) is 0 Å². The highest BCUT2D eigenvalue weighted by Crippen LogP contribution is 2.53. The maximum Gasteiger partial charge on any atom is 0.161 e. The Morgan fingerprint density at radius 2 is 2.44 bits per heavy atom. The maximum absolute atomic E-state index is 5.31.